The quantitative estimate of drug-likeness (QED) is 0.806. The van der Waals surface area contributed by atoms with Crippen LogP contribution in [0.3, 0.4) is 0 Å². The Balaban J connectivity index is 0.00000288. The third kappa shape index (κ3) is 5.87. The molecule has 0 radical (unpaired) electrons. The molecule has 2 aromatic rings. The van der Waals surface area contributed by atoms with Crippen molar-refractivity contribution < 1.29 is 9.53 Å². The summed E-state index contributed by atoms with van der Waals surface area (Å²) in [7, 11) is 0. The number of ether oxygens (including phenoxy) is 1. The maximum Gasteiger partial charge on any atom is 0.224 e. The average molecular weight is 349 g/mol. The van der Waals surface area contributed by atoms with Gasteiger partial charge in [-0.15, -0.1) is 12.4 Å². The summed E-state index contributed by atoms with van der Waals surface area (Å²) in [5, 5.41) is 2.91. The van der Waals surface area contributed by atoms with Gasteiger partial charge < -0.3 is 15.8 Å². The van der Waals surface area contributed by atoms with Crippen LogP contribution in [0.25, 0.3) is 0 Å². The molecule has 130 valence electrons. The van der Waals surface area contributed by atoms with E-state index in [1.54, 1.807) is 0 Å². The minimum atomic E-state index is -0.318. The number of nitrogens with one attached hydrogen (secondary N) is 1. The van der Waals surface area contributed by atoms with Crippen molar-refractivity contribution >= 4 is 18.3 Å². The number of rotatable bonds is 7. The largest absolute Gasteiger partial charge is 0.489 e. The molecule has 3 atom stereocenters. The molecule has 0 aliphatic carbocycles. The zero-order valence-electron chi connectivity index (χ0n) is 14.0. The van der Waals surface area contributed by atoms with Gasteiger partial charge in [-0.25, -0.2) is 0 Å². The maximum atomic E-state index is 12.3. The first-order valence-corrected chi connectivity index (χ1v) is 7.88. The smallest absolute Gasteiger partial charge is 0.224 e. The molecule has 1 amide bonds. The number of halogens is 1. The van der Waals surface area contributed by atoms with Gasteiger partial charge in [0.15, 0.2) is 0 Å². The number of nitrogens with two attached hydrogens (primary N) is 1. The van der Waals surface area contributed by atoms with Gasteiger partial charge in [-0.3, -0.25) is 4.79 Å². The lowest BCUT2D eigenvalue weighted by Gasteiger charge is -2.21. The number of para-hydroxylation sites is 1. The standard InChI is InChI=1S/C19H24N2O2.ClH/c1-14(23-17-11-7-4-8-12-17)13-21-19(22)15(2)18(20)16-9-5-3-6-10-16;/h3-12,14-15,18H,13,20H2,1-2H3,(H,21,22);1H. The van der Waals surface area contributed by atoms with Crippen molar-refractivity contribution in [2.45, 2.75) is 26.0 Å². The lowest BCUT2D eigenvalue weighted by atomic mass is 9.94. The van der Waals surface area contributed by atoms with Crippen molar-refractivity contribution in [3.63, 3.8) is 0 Å². The summed E-state index contributed by atoms with van der Waals surface area (Å²) in [4.78, 5) is 12.3. The maximum absolute atomic E-state index is 12.3. The van der Waals surface area contributed by atoms with Crippen LogP contribution in [0, 0.1) is 5.92 Å². The summed E-state index contributed by atoms with van der Waals surface area (Å²) in [6.45, 7) is 4.21. The molecule has 4 nitrogen and oxygen atoms in total. The van der Waals surface area contributed by atoms with Gasteiger partial charge in [0.25, 0.3) is 0 Å². The fourth-order valence-corrected chi connectivity index (χ4v) is 2.31. The van der Waals surface area contributed by atoms with Crippen LogP contribution in [0.5, 0.6) is 5.75 Å². The molecular formula is C19H25ClN2O2. The van der Waals surface area contributed by atoms with Gasteiger partial charge in [-0.1, -0.05) is 55.5 Å². The molecule has 0 aromatic heterocycles. The number of carbonyl (C=O) groups excluding carboxylic acids is 1. The second kappa shape index (κ2) is 9.96. The second-order valence-electron chi connectivity index (χ2n) is 5.71. The average Bonchev–Trinajstić information content (AvgIpc) is 2.60. The van der Waals surface area contributed by atoms with Crippen molar-refractivity contribution in [3.05, 3.63) is 66.2 Å². The van der Waals surface area contributed by atoms with Crippen LogP contribution in [0.1, 0.15) is 25.5 Å². The molecule has 0 aliphatic heterocycles. The lowest BCUT2D eigenvalue weighted by molar-refractivity contribution is -0.125. The third-order valence-electron chi connectivity index (χ3n) is 3.78. The molecule has 0 saturated carbocycles. The zero-order valence-corrected chi connectivity index (χ0v) is 14.8. The number of benzene rings is 2. The fraction of sp³-hybridized carbons (Fsp3) is 0.316. The van der Waals surface area contributed by atoms with Gasteiger partial charge >= 0.3 is 0 Å². The molecule has 0 bridgehead atoms. The van der Waals surface area contributed by atoms with E-state index in [0.29, 0.717) is 6.54 Å². The van der Waals surface area contributed by atoms with Gasteiger partial charge in [0.2, 0.25) is 5.91 Å². The topological polar surface area (TPSA) is 64.4 Å². The Hall–Kier alpha value is -2.04. The van der Waals surface area contributed by atoms with Crippen LogP contribution in [0.2, 0.25) is 0 Å². The van der Waals surface area contributed by atoms with E-state index < -0.39 is 0 Å². The fourth-order valence-electron chi connectivity index (χ4n) is 2.31. The second-order valence-corrected chi connectivity index (χ2v) is 5.71. The summed E-state index contributed by atoms with van der Waals surface area (Å²) in [5.74, 6) is 0.425. The predicted octanol–water partition coefficient (Wildman–Crippen LogP) is 3.33. The van der Waals surface area contributed by atoms with E-state index in [1.165, 1.54) is 0 Å². The Morgan fingerprint density at radius 3 is 2.17 bits per heavy atom. The van der Waals surface area contributed by atoms with Gasteiger partial charge in [0.05, 0.1) is 12.5 Å². The Labute approximate surface area is 149 Å². The molecular weight excluding hydrogens is 324 g/mol. The summed E-state index contributed by atoms with van der Waals surface area (Å²) in [5.41, 5.74) is 7.14. The van der Waals surface area contributed by atoms with Crippen molar-refractivity contribution in [3.8, 4) is 5.75 Å². The first-order valence-electron chi connectivity index (χ1n) is 7.88. The Bertz CT molecular complexity index is 607. The number of hydrogen-bond acceptors (Lipinski definition) is 3. The van der Waals surface area contributed by atoms with E-state index in [-0.39, 0.29) is 36.4 Å². The Morgan fingerprint density at radius 2 is 1.58 bits per heavy atom. The summed E-state index contributed by atoms with van der Waals surface area (Å²) >= 11 is 0. The summed E-state index contributed by atoms with van der Waals surface area (Å²) in [6, 6.07) is 18.9. The monoisotopic (exact) mass is 348 g/mol. The van der Waals surface area contributed by atoms with Crippen LogP contribution in [-0.4, -0.2) is 18.6 Å². The van der Waals surface area contributed by atoms with Crippen molar-refractivity contribution in [2.75, 3.05) is 6.54 Å². The number of carbonyl (C=O) groups is 1. The molecule has 0 aliphatic rings. The van der Waals surface area contributed by atoms with E-state index in [1.807, 2.05) is 74.5 Å². The van der Waals surface area contributed by atoms with E-state index in [2.05, 4.69) is 5.32 Å². The molecule has 3 N–H and O–H groups in total. The zero-order chi connectivity index (χ0) is 16.7. The minimum absolute atomic E-state index is 0. The number of amides is 1. The van der Waals surface area contributed by atoms with Crippen LogP contribution in [0.15, 0.2) is 60.7 Å². The highest BCUT2D eigenvalue weighted by Gasteiger charge is 2.22. The molecule has 0 heterocycles. The molecule has 2 aromatic carbocycles. The molecule has 0 fully saturated rings. The first kappa shape index (κ1) is 20.0. The highest BCUT2D eigenvalue weighted by atomic mass is 35.5. The highest BCUT2D eigenvalue weighted by molar-refractivity contribution is 5.85. The van der Waals surface area contributed by atoms with Gasteiger partial charge in [0.1, 0.15) is 11.9 Å². The highest BCUT2D eigenvalue weighted by Crippen LogP contribution is 2.19. The minimum Gasteiger partial charge on any atom is -0.489 e. The molecule has 5 heteroatoms. The van der Waals surface area contributed by atoms with Crippen LogP contribution in [0.4, 0.5) is 0 Å². The van der Waals surface area contributed by atoms with Gasteiger partial charge in [0, 0.05) is 6.04 Å². The Morgan fingerprint density at radius 1 is 1.04 bits per heavy atom. The van der Waals surface area contributed by atoms with Crippen molar-refractivity contribution in [2.24, 2.45) is 11.7 Å². The van der Waals surface area contributed by atoms with E-state index in [9.17, 15) is 4.79 Å². The third-order valence-corrected chi connectivity index (χ3v) is 3.78. The summed E-state index contributed by atoms with van der Waals surface area (Å²) < 4.78 is 5.74. The van der Waals surface area contributed by atoms with Crippen LogP contribution in [-0.2, 0) is 4.79 Å². The van der Waals surface area contributed by atoms with Crippen LogP contribution >= 0.6 is 12.4 Å². The van der Waals surface area contributed by atoms with E-state index in [4.69, 9.17) is 10.5 Å². The van der Waals surface area contributed by atoms with Crippen molar-refractivity contribution in [1.29, 1.82) is 0 Å². The van der Waals surface area contributed by atoms with Gasteiger partial charge in [-0.2, -0.15) is 0 Å². The molecule has 2 rings (SSSR count). The number of hydrogen-bond donors (Lipinski definition) is 2. The van der Waals surface area contributed by atoms with Gasteiger partial charge in [-0.05, 0) is 24.6 Å². The molecule has 0 spiro atoms. The molecule has 24 heavy (non-hydrogen) atoms. The first-order chi connectivity index (χ1) is 11.1. The SMILES string of the molecule is CC(CNC(=O)C(C)C(N)c1ccccc1)Oc1ccccc1.Cl. The predicted molar refractivity (Wildman–Crippen MR) is 99.3 cm³/mol. The summed E-state index contributed by atoms with van der Waals surface area (Å²) in [6.07, 6.45) is -0.110. The van der Waals surface area contributed by atoms with Crippen molar-refractivity contribution in [1.82, 2.24) is 5.32 Å². The van der Waals surface area contributed by atoms with Crippen LogP contribution < -0.4 is 15.8 Å². The normalized spacial score (nSPS) is 14.0. The van der Waals surface area contributed by atoms with E-state index >= 15 is 0 Å². The lowest BCUT2D eigenvalue weighted by Crippen LogP contribution is -2.40. The molecule has 3 unspecified atom stereocenters. The molecule has 0 saturated heterocycles. The van der Waals surface area contributed by atoms with E-state index in [0.717, 1.165) is 11.3 Å². The Kier molecular flexibility index (Phi) is 8.30.